The highest BCUT2D eigenvalue weighted by Gasteiger charge is 2.25. The molecule has 0 aromatic heterocycles. The highest BCUT2D eigenvalue weighted by molar-refractivity contribution is 5.71. The minimum Gasteiger partial charge on any atom is -0.477 e. The number of nitrogens with zero attached hydrogens (tertiary/aromatic N) is 1. The third-order valence-corrected chi connectivity index (χ3v) is 12.9. The molecule has 0 aliphatic heterocycles. The Morgan fingerprint density at radius 2 is 0.684 bits per heavy atom. The van der Waals surface area contributed by atoms with Crippen molar-refractivity contribution in [2.75, 3.05) is 47.5 Å². The lowest BCUT2D eigenvalue weighted by atomic mass is 10.0. The maximum absolute atomic E-state index is 12.9. The van der Waals surface area contributed by atoms with Gasteiger partial charge >= 0.3 is 17.9 Å². The second-order valence-corrected chi connectivity index (χ2v) is 21.6. The summed E-state index contributed by atoms with van der Waals surface area (Å²) >= 11 is 0. The zero-order valence-electron chi connectivity index (χ0n) is 51.0. The minimum absolute atomic E-state index is 0.173. The average molecular weight is 1100 g/mol. The predicted octanol–water partition coefficient (Wildman–Crippen LogP) is 19.0. The van der Waals surface area contributed by atoms with E-state index in [-0.39, 0.29) is 38.6 Å². The monoisotopic (exact) mass is 1100 g/mol. The van der Waals surface area contributed by atoms with Crippen LogP contribution in [-0.2, 0) is 33.3 Å². The largest absolute Gasteiger partial charge is 0.477 e. The molecule has 0 aliphatic carbocycles. The van der Waals surface area contributed by atoms with Crippen molar-refractivity contribution in [1.29, 1.82) is 0 Å². The van der Waals surface area contributed by atoms with Crippen molar-refractivity contribution < 1.29 is 42.9 Å². The summed E-state index contributed by atoms with van der Waals surface area (Å²) in [4.78, 5) is 37.5. The number of aliphatic carboxylic acids is 1. The van der Waals surface area contributed by atoms with E-state index in [1.54, 1.807) is 0 Å². The van der Waals surface area contributed by atoms with Crippen molar-refractivity contribution >= 4 is 17.9 Å². The summed E-state index contributed by atoms with van der Waals surface area (Å²) in [6, 6.07) is 0. The molecule has 2 atom stereocenters. The van der Waals surface area contributed by atoms with Crippen molar-refractivity contribution in [3.8, 4) is 0 Å². The molecule has 0 aromatic carbocycles. The van der Waals surface area contributed by atoms with Crippen molar-refractivity contribution in [3.05, 3.63) is 134 Å². The Kier molecular flexibility index (Phi) is 56.1. The van der Waals surface area contributed by atoms with Gasteiger partial charge in [-0.3, -0.25) is 9.59 Å². The van der Waals surface area contributed by atoms with E-state index in [0.717, 1.165) is 103 Å². The summed E-state index contributed by atoms with van der Waals surface area (Å²) in [5.41, 5.74) is 0. The van der Waals surface area contributed by atoms with Gasteiger partial charge in [0.25, 0.3) is 6.29 Å². The molecule has 0 spiro atoms. The van der Waals surface area contributed by atoms with Gasteiger partial charge in [0.2, 0.25) is 0 Å². The van der Waals surface area contributed by atoms with Crippen LogP contribution in [0, 0.1) is 0 Å². The number of quaternary nitrogens is 1. The van der Waals surface area contributed by atoms with E-state index >= 15 is 0 Å². The third-order valence-electron chi connectivity index (χ3n) is 12.9. The van der Waals surface area contributed by atoms with Gasteiger partial charge in [-0.2, -0.15) is 0 Å². The van der Waals surface area contributed by atoms with Crippen LogP contribution in [0.2, 0.25) is 0 Å². The number of esters is 2. The molecule has 0 rings (SSSR count). The van der Waals surface area contributed by atoms with Crippen molar-refractivity contribution in [2.24, 2.45) is 0 Å². The van der Waals surface area contributed by atoms with E-state index < -0.39 is 24.3 Å². The van der Waals surface area contributed by atoms with E-state index in [9.17, 15) is 19.5 Å². The summed E-state index contributed by atoms with van der Waals surface area (Å²) in [7, 11) is 5.95. The predicted molar refractivity (Wildman–Crippen MR) is 336 cm³/mol. The number of rotatable bonds is 56. The second-order valence-electron chi connectivity index (χ2n) is 21.6. The Labute approximate surface area is 484 Å². The SMILES string of the molecule is CC/C=C\C/C=C\C/C=C\C/C=C\C/C=C\C/C=C\CCCCC(=O)OC(COC(=O)CCCCCCCCCCCCCCCCCCC/C=C\C/C=C\C/C=C\C/C=C\C/C=C\CC)COC(OCC[N+](C)(C)C)C(=O)O. The Hall–Kier alpha value is -4.57. The van der Waals surface area contributed by atoms with Crippen molar-refractivity contribution in [2.45, 2.75) is 245 Å². The van der Waals surface area contributed by atoms with Gasteiger partial charge in [0.15, 0.2) is 6.10 Å². The highest BCUT2D eigenvalue weighted by atomic mass is 16.7. The van der Waals surface area contributed by atoms with Crippen LogP contribution in [0.3, 0.4) is 0 Å². The topological polar surface area (TPSA) is 108 Å². The van der Waals surface area contributed by atoms with Crippen LogP contribution in [-0.4, -0.2) is 87.4 Å². The van der Waals surface area contributed by atoms with Crippen LogP contribution in [0.15, 0.2) is 134 Å². The van der Waals surface area contributed by atoms with Gasteiger partial charge in [0.05, 0.1) is 34.4 Å². The molecule has 0 radical (unpaired) electrons. The normalized spacial score (nSPS) is 13.7. The first-order chi connectivity index (χ1) is 38.6. The van der Waals surface area contributed by atoms with E-state index in [4.69, 9.17) is 18.9 Å². The quantitative estimate of drug-likeness (QED) is 0.0211. The van der Waals surface area contributed by atoms with Gasteiger partial charge in [0, 0.05) is 12.8 Å². The number of ether oxygens (including phenoxy) is 4. The van der Waals surface area contributed by atoms with Gasteiger partial charge in [-0.15, -0.1) is 0 Å². The summed E-state index contributed by atoms with van der Waals surface area (Å²) in [6.45, 7) is 4.59. The average Bonchev–Trinajstić information content (AvgIpc) is 3.42. The van der Waals surface area contributed by atoms with Crippen molar-refractivity contribution in [3.63, 3.8) is 0 Å². The van der Waals surface area contributed by atoms with Crippen LogP contribution >= 0.6 is 0 Å². The number of carboxylic acids is 1. The van der Waals surface area contributed by atoms with Crippen LogP contribution < -0.4 is 0 Å². The molecule has 0 saturated heterocycles. The number of carbonyl (C=O) groups is 3. The summed E-state index contributed by atoms with van der Waals surface area (Å²) in [5, 5.41) is 9.71. The molecule has 2 unspecified atom stereocenters. The van der Waals surface area contributed by atoms with E-state index in [1.807, 2.05) is 21.1 Å². The van der Waals surface area contributed by atoms with Gasteiger partial charge in [-0.25, -0.2) is 4.79 Å². The molecule has 0 saturated carbocycles. The van der Waals surface area contributed by atoms with Crippen LogP contribution in [0.4, 0.5) is 0 Å². The molecule has 0 bridgehead atoms. The Balaban J connectivity index is 4.20. The van der Waals surface area contributed by atoms with Gasteiger partial charge in [-0.05, 0) is 109 Å². The Morgan fingerprint density at radius 1 is 0.380 bits per heavy atom. The zero-order chi connectivity index (χ0) is 57.6. The molecule has 9 nitrogen and oxygen atoms in total. The third kappa shape index (κ3) is 60.9. The maximum Gasteiger partial charge on any atom is 0.361 e. The first-order valence-electron chi connectivity index (χ1n) is 31.3. The van der Waals surface area contributed by atoms with Crippen LogP contribution in [0.25, 0.3) is 0 Å². The number of carbonyl (C=O) groups excluding carboxylic acids is 2. The first kappa shape index (κ1) is 74.4. The fourth-order valence-corrected chi connectivity index (χ4v) is 8.16. The molecule has 9 heteroatoms. The van der Waals surface area contributed by atoms with E-state index in [1.165, 1.54) is 96.3 Å². The smallest absolute Gasteiger partial charge is 0.361 e. The van der Waals surface area contributed by atoms with Crippen molar-refractivity contribution in [1.82, 2.24) is 0 Å². The minimum atomic E-state index is -1.53. The summed E-state index contributed by atoms with van der Waals surface area (Å²) in [6.07, 6.45) is 82.7. The fourth-order valence-electron chi connectivity index (χ4n) is 8.16. The number of allylic oxidation sites excluding steroid dienone is 22. The highest BCUT2D eigenvalue weighted by Crippen LogP contribution is 2.16. The lowest BCUT2D eigenvalue weighted by molar-refractivity contribution is -0.870. The molecule has 1 N–H and O–H groups in total. The number of likely N-dealkylation sites (N-methyl/N-ethyl adjacent to an activating group) is 1. The first-order valence-corrected chi connectivity index (χ1v) is 31.3. The maximum atomic E-state index is 12.9. The lowest BCUT2D eigenvalue weighted by Gasteiger charge is -2.25. The molecule has 0 fully saturated rings. The number of hydrogen-bond acceptors (Lipinski definition) is 7. The Morgan fingerprint density at radius 3 is 1.04 bits per heavy atom. The molecule has 0 aliphatic rings. The fraction of sp³-hybridized carbons (Fsp3) is 0.643. The molecule has 79 heavy (non-hydrogen) atoms. The zero-order valence-corrected chi connectivity index (χ0v) is 51.0. The molecule has 0 amide bonds. The second kappa shape index (κ2) is 59.5. The number of carboxylic acid groups (broad SMARTS) is 1. The summed E-state index contributed by atoms with van der Waals surface area (Å²) in [5.74, 6) is -2.07. The lowest BCUT2D eigenvalue weighted by Crippen LogP contribution is -2.40. The van der Waals surface area contributed by atoms with Gasteiger partial charge in [-0.1, -0.05) is 244 Å². The van der Waals surface area contributed by atoms with Gasteiger partial charge in [0.1, 0.15) is 13.2 Å². The number of hydrogen-bond donors (Lipinski definition) is 1. The Bertz CT molecular complexity index is 1750. The van der Waals surface area contributed by atoms with Gasteiger partial charge < -0.3 is 28.5 Å². The molecular formula is C70H116NO8+. The standard InChI is InChI=1S/C70H115NO8/c1-6-8-10-12-14-16-18-20-22-24-26-28-29-30-31-32-33-34-35-36-37-38-39-41-42-44-46-48-50-52-54-56-58-60-67(72)77-64-66(65-78-70(69(74)75)76-63-62-71(3,4)5)79-68(73)61-59-57-55-53-51-49-47-45-43-40-27-25-23-21-19-17-15-13-11-9-7-2/h8-11,14-17,20-23,26-28,30-31,40,45,47,51,53,66,70H,6-7,12-13,18-19,24-25,29,32-39,41-44,46,48-50,52,54-65H2,1-5H3/p+1/b10-8-,11-9-,16-14-,17-15-,22-20-,23-21-,28-26-,31-30-,40-27-,47-45-,53-51-. The number of unbranched alkanes of at least 4 members (excludes halogenated alkanes) is 19. The molecule has 0 aromatic rings. The van der Waals surface area contributed by atoms with Crippen LogP contribution in [0.1, 0.15) is 232 Å². The van der Waals surface area contributed by atoms with Crippen LogP contribution in [0.5, 0.6) is 0 Å². The molecular weight excluding hydrogens is 983 g/mol. The molecule has 0 heterocycles. The molecule has 448 valence electrons. The van der Waals surface area contributed by atoms with E-state index in [0.29, 0.717) is 17.4 Å². The summed E-state index contributed by atoms with van der Waals surface area (Å²) < 4.78 is 22.9. The van der Waals surface area contributed by atoms with E-state index in [2.05, 4.69) is 148 Å².